The lowest BCUT2D eigenvalue weighted by Crippen LogP contribution is -2.32. The van der Waals surface area contributed by atoms with E-state index in [2.05, 4.69) is 15.3 Å². The third-order valence-corrected chi connectivity index (χ3v) is 1.74. The molecule has 0 aliphatic heterocycles. The van der Waals surface area contributed by atoms with Crippen molar-refractivity contribution in [3.63, 3.8) is 0 Å². The van der Waals surface area contributed by atoms with E-state index in [9.17, 15) is 9.59 Å². The summed E-state index contributed by atoms with van der Waals surface area (Å²) in [6.07, 6.45) is 1.86. The minimum absolute atomic E-state index is 0.127. The molecule has 7 heteroatoms. The summed E-state index contributed by atoms with van der Waals surface area (Å²) in [6.45, 7) is 5.40. The van der Waals surface area contributed by atoms with Gasteiger partial charge in [0.15, 0.2) is 5.69 Å². The standard InChI is InChI=1S/C11H15N3O4/c1-11(2,3)18-10(17)14-5-7-4-13-8(6-12-7)9(15)16/h4,6H,5H2,1-3H3,(H,14,17)(H,15,16). The third kappa shape index (κ3) is 4.77. The Morgan fingerprint density at radius 3 is 2.44 bits per heavy atom. The monoisotopic (exact) mass is 253 g/mol. The summed E-state index contributed by atoms with van der Waals surface area (Å²) in [5, 5.41) is 11.1. The molecule has 1 rings (SSSR count). The fourth-order valence-electron chi connectivity index (χ4n) is 1.03. The van der Waals surface area contributed by atoms with Gasteiger partial charge in [-0.25, -0.2) is 14.6 Å². The lowest BCUT2D eigenvalue weighted by molar-refractivity contribution is 0.0521. The highest BCUT2D eigenvalue weighted by Gasteiger charge is 2.15. The number of nitrogens with one attached hydrogen (secondary N) is 1. The first-order valence-electron chi connectivity index (χ1n) is 5.29. The summed E-state index contributed by atoms with van der Waals surface area (Å²) in [4.78, 5) is 29.4. The van der Waals surface area contributed by atoms with E-state index in [4.69, 9.17) is 9.84 Å². The number of carbonyl (C=O) groups excluding carboxylic acids is 1. The Balaban J connectivity index is 2.49. The van der Waals surface area contributed by atoms with E-state index in [1.165, 1.54) is 6.20 Å². The minimum Gasteiger partial charge on any atom is -0.476 e. The van der Waals surface area contributed by atoms with Crippen LogP contribution in [0.1, 0.15) is 37.0 Å². The topological polar surface area (TPSA) is 101 Å². The molecule has 2 N–H and O–H groups in total. The van der Waals surface area contributed by atoms with Gasteiger partial charge in [-0.15, -0.1) is 0 Å². The van der Waals surface area contributed by atoms with Crippen LogP contribution in [0.25, 0.3) is 0 Å². The van der Waals surface area contributed by atoms with Crippen LogP contribution in [0.2, 0.25) is 0 Å². The van der Waals surface area contributed by atoms with Crippen LogP contribution in [0.15, 0.2) is 12.4 Å². The SMILES string of the molecule is CC(C)(C)OC(=O)NCc1cnc(C(=O)O)cn1. The maximum Gasteiger partial charge on any atom is 0.407 e. The van der Waals surface area contributed by atoms with Crippen molar-refractivity contribution in [1.29, 1.82) is 0 Å². The Bertz CT molecular complexity index is 437. The Labute approximate surface area is 104 Å². The average molecular weight is 253 g/mol. The van der Waals surface area contributed by atoms with Gasteiger partial charge in [0.1, 0.15) is 5.60 Å². The van der Waals surface area contributed by atoms with Crippen molar-refractivity contribution in [1.82, 2.24) is 15.3 Å². The van der Waals surface area contributed by atoms with Gasteiger partial charge in [-0.1, -0.05) is 0 Å². The summed E-state index contributed by atoms with van der Waals surface area (Å²) in [6, 6.07) is 0. The number of alkyl carbamates (subject to hydrolysis) is 1. The van der Waals surface area contributed by atoms with Crippen LogP contribution in [0.5, 0.6) is 0 Å². The maximum absolute atomic E-state index is 11.3. The van der Waals surface area contributed by atoms with Crippen LogP contribution in [0.4, 0.5) is 4.79 Å². The van der Waals surface area contributed by atoms with Crippen LogP contribution < -0.4 is 5.32 Å². The summed E-state index contributed by atoms with van der Waals surface area (Å²) < 4.78 is 5.03. The molecular weight excluding hydrogens is 238 g/mol. The van der Waals surface area contributed by atoms with Crippen LogP contribution in [-0.2, 0) is 11.3 Å². The number of rotatable bonds is 3. The van der Waals surface area contributed by atoms with Gasteiger partial charge >= 0.3 is 12.1 Å². The van der Waals surface area contributed by atoms with E-state index in [0.717, 1.165) is 6.20 Å². The predicted molar refractivity (Wildman–Crippen MR) is 62.1 cm³/mol. The molecule has 0 radical (unpaired) electrons. The zero-order valence-corrected chi connectivity index (χ0v) is 10.4. The quantitative estimate of drug-likeness (QED) is 0.839. The number of hydrogen-bond donors (Lipinski definition) is 2. The van der Waals surface area contributed by atoms with Crippen molar-refractivity contribution in [2.24, 2.45) is 0 Å². The lowest BCUT2D eigenvalue weighted by atomic mass is 10.2. The maximum atomic E-state index is 11.3. The molecule has 7 nitrogen and oxygen atoms in total. The Kier molecular flexibility index (Phi) is 4.19. The van der Waals surface area contributed by atoms with Gasteiger partial charge in [0.25, 0.3) is 0 Å². The highest BCUT2D eigenvalue weighted by Crippen LogP contribution is 2.06. The smallest absolute Gasteiger partial charge is 0.407 e. The van der Waals surface area contributed by atoms with Crippen LogP contribution in [-0.4, -0.2) is 32.7 Å². The van der Waals surface area contributed by atoms with Crippen LogP contribution in [0, 0.1) is 0 Å². The fraction of sp³-hybridized carbons (Fsp3) is 0.455. The molecular formula is C11H15N3O4. The van der Waals surface area contributed by atoms with Gasteiger partial charge in [0, 0.05) is 0 Å². The Morgan fingerprint density at radius 2 is 2.00 bits per heavy atom. The van der Waals surface area contributed by atoms with Gasteiger partial charge in [-0.2, -0.15) is 0 Å². The first-order valence-corrected chi connectivity index (χ1v) is 5.29. The molecule has 1 aromatic heterocycles. The van der Waals surface area contributed by atoms with Crippen molar-refractivity contribution >= 4 is 12.1 Å². The third-order valence-electron chi connectivity index (χ3n) is 1.74. The Hall–Kier alpha value is -2.18. The number of aromatic carboxylic acids is 1. The number of ether oxygens (including phenoxy) is 1. The van der Waals surface area contributed by atoms with Crippen molar-refractivity contribution in [3.05, 3.63) is 23.8 Å². The molecule has 0 aliphatic rings. The highest BCUT2D eigenvalue weighted by molar-refractivity contribution is 5.84. The van der Waals surface area contributed by atoms with E-state index in [1.54, 1.807) is 20.8 Å². The first-order chi connectivity index (χ1) is 8.28. The second-order valence-corrected chi connectivity index (χ2v) is 4.55. The summed E-state index contributed by atoms with van der Waals surface area (Å²) >= 11 is 0. The van der Waals surface area contributed by atoms with Gasteiger partial charge in [-0.05, 0) is 20.8 Å². The van der Waals surface area contributed by atoms with E-state index >= 15 is 0 Å². The molecule has 0 saturated carbocycles. The number of nitrogens with zero attached hydrogens (tertiary/aromatic N) is 2. The van der Waals surface area contributed by atoms with E-state index in [1.807, 2.05) is 0 Å². The number of carbonyl (C=O) groups is 2. The van der Waals surface area contributed by atoms with Crippen molar-refractivity contribution in [3.8, 4) is 0 Å². The summed E-state index contributed by atoms with van der Waals surface area (Å²) in [5.41, 5.74) is -0.259. The van der Waals surface area contributed by atoms with Crippen LogP contribution in [0.3, 0.4) is 0 Å². The molecule has 0 bridgehead atoms. The number of carboxylic acids is 1. The van der Waals surface area contributed by atoms with Crippen molar-refractivity contribution in [2.75, 3.05) is 0 Å². The molecule has 1 heterocycles. The summed E-state index contributed by atoms with van der Waals surface area (Å²) in [7, 11) is 0. The second kappa shape index (κ2) is 5.44. The van der Waals surface area contributed by atoms with Gasteiger partial charge in [-0.3, -0.25) is 4.98 Å². The normalized spacial score (nSPS) is 10.8. The Morgan fingerprint density at radius 1 is 1.33 bits per heavy atom. The van der Waals surface area contributed by atoms with Crippen LogP contribution >= 0.6 is 0 Å². The molecule has 0 unspecified atom stereocenters. The highest BCUT2D eigenvalue weighted by atomic mass is 16.6. The molecule has 0 aromatic carbocycles. The van der Waals surface area contributed by atoms with E-state index < -0.39 is 17.7 Å². The zero-order chi connectivity index (χ0) is 13.8. The largest absolute Gasteiger partial charge is 0.476 e. The number of aromatic nitrogens is 2. The number of hydrogen-bond acceptors (Lipinski definition) is 5. The molecule has 1 amide bonds. The minimum atomic E-state index is -1.14. The van der Waals surface area contributed by atoms with Gasteiger partial charge in [0.2, 0.25) is 0 Å². The molecule has 18 heavy (non-hydrogen) atoms. The van der Waals surface area contributed by atoms with Gasteiger partial charge in [0.05, 0.1) is 24.6 Å². The van der Waals surface area contributed by atoms with E-state index in [0.29, 0.717) is 5.69 Å². The molecule has 0 fully saturated rings. The molecule has 0 aliphatic carbocycles. The van der Waals surface area contributed by atoms with E-state index in [-0.39, 0.29) is 12.2 Å². The first kappa shape index (κ1) is 13.9. The predicted octanol–water partition coefficient (Wildman–Crippen LogP) is 1.20. The molecule has 0 atom stereocenters. The van der Waals surface area contributed by atoms with Crippen molar-refractivity contribution in [2.45, 2.75) is 32.9 Å². The fourth-order valence-corrected chi connectivity index (χ4v) is 1.03. The molecule has 0 saturated heterocycles. The number of carboxylic acid groups (broad SMARTS) is 1. The molecule has 0 spiro atoms. The summed E-state index contributed by atoms with van der Waals surface area (Å²) in [5.74, 6) is -1.14. The second-order valence-electron chi connectivity index (χ2n) is 4.55. The van der Waals surface area contributed by atoms with Gasteiger partial charge < -0.3 is 15.2 Å². The van der Waals surface area contributed by atoms with Crippen molar-refractivity contribution < 1.29 is 19.4 Å². The lowest BCUT2D eigenvalue weighted by Gasteiger charge is -2.19. The molecule has 98 valence electrons. The number of amides is 1. The molecule has 1 aromatic rings. The zero-order valence-electron chi connectivity index (χ0n) is 10.4. The average Bonchev–Trinajstić information content (AvgIpc) is 2.24.